The largest absolute Gasteiger partial charge is 0.357 e. The second-order valence-corrected chi connectivity index (χ2v) is 6.48. The maximum absolute atomic E-state index is 4.91. The van der Waals surface area contributed by atoms with Gasteiger partial charge in [-0.25, -0.2) is 0 Å². The van der Waals surface area contributed by atoms with Gasteiger partial charge in [0, 0.05) is 18.0 Å². The van der Waals surface area contributed by atoms with Gasteiger partial charge in [0.05, 0.1) is 6.54 Å². The van der Waals surface area contributed by atoms with E-state index in [2.05, 4.69) is 60.0 Å². The normalized spacial score (nSPS) is 20.7. The molecule has 0 saturated heterocycles. The Balaban J connectivity index is 1.68. The summed E-state index contributed by atoms with van der Waals surface area (Å²) in [7, 11) is 0. The molecule has 0 heterocycles. The van der Waals surface area contributed by atoms with Crippen molar-refractivity contribution < 1.29 is 0 Å². The molecule has 22 heavy (non-hydrogen) atoms. The molecule has 0 amide bonds. The van der Waals surface area contributed by atoms with Crippen LogP contribution in [0.3, 0.4) is 0 Å². The van der Waals surface area contributed by atoms with E-state index in [1.807, 2.05) is 0 Å². The third-order valence-corrected chi connectivity index (χ3v) is 4.93. The molecule has 2 aliphatic carbocycles. The molecule has 2 aliphatic rings. The summed E-state index contributed by atoms with van der Waals surface area (Å²) in [6, 6.07) is 11.4. The number of nitrogens with one attached hydrogen (secondary N) is 2. The van der Waals surface area contributed by atoms with E-state index in [9.17, 15) is 0 Å². The smallest absolute Gasteiger partial charge is 0.191 e. The molecule has 0 bridgehead atoms. The van der Waals surface area contributed by atoms with Gasteiger partial charge >= 0.3 is 0 Å². The highest BCUT2D eigenvalue weighted by Crippen LogP contribution is 2.43. The van der Waals surface area contributed by atoms with Crippen LogP contribution in [0.4, 0.5) is 0 Å². The number of benzene rings is 1. The van der Waals surface area contributed by atoms with E-state index in [0.717, 1.165) is 31.9 Å². The van der Waals surface area contributed by atoms with Crippen molar-refractivity contribution in [2.24, 2.45) is 4.99 Å². The van der Waals surface area contributed by atoms with Crippen LogP contribution < -0.4 is 10.6 Å². The summed E-state index contributed by atoms with van der Waals surface area (Å²) in [6.07, 6.45) is 10.5. The van der Waals surface area contributed by atoms with Gasteiger partial charge in [0.15, 0.2) is 5.96 Å². The SMILES string of the molecule is CCNC(=NCC1(c2ccccc2)CCC1)NC1CC=CC1. The molecule has 1 fully saturated rings. The lowest BCUT2D eigenvalue weighted by Gasteiger charge is -2.41. The predicted molar refractivity (Wildman–Crippen MR) is 93.2 cm³/mol. The molecular formula is C19H27N3. The molecule has 1 aromatic carbocycles. The average molecular weight is 297 g/mol. The minimum atomic E-state index is 0.261. The minimum Gasteiger partial charge on any atom is -0.357 e. The lowest BCUT2D eigenvalue weighted by molar-refractivity contribution is 0.253. The molecule has 0 radical (unpaired) electrons. The predicted octanol–water partition coefficient (Wildman–Crippen LogP) is 3.38. The van der Waals surface area contributed by atoms with Crippen LogP contribution >= 0.6 is 0 Å². The van der Waals surface area contributed by atoms with Crippen molar-refractivity contribution in [3.8, 4) is 0 Å². The Morgan fingerprint density at radius 1 is 1.18 bits per heavy atom. The van der Waals surface area contributed by atoms with Gasteiger partial charge in [-0.15, -0.1) is 0 Å². The van der Waals surface area contributed by atoms with Gasteiger partial charge in [-0.1, -0.05) is 48.9 Å². The lowest BCUT2D eigenvalue weighted by atomic mass is 9.64. The summed E-state index contributed by atoms with van der Waals surface area (Å²) in [6.45, 7) is 3.91. The van der Waals surface area contributed by atoms with Crippen molar-refractivity contribution in [1.82, 2.24) is 10.6 Å². The van der Waals surface area contributed by atoms with Crippen LogP contribution in [0.2, 0.25) is 0 Å². The third kappa shape index (κ3) is 3.34. The van der Waals surface area contributed by atoms with Crippen molar-refractivity contribution >= 4 is 5.96 Å². The van der Waals surface area contributed by atoms with E-state index >= 15 is 0 Å². The van der Waals surface area contributed by atoms with Gasteiger partial charge in [0.1, 0.15) is 0 Å². The molecule has 0 unspecified atom stereocenters. The summed E-state index contributed by atoms with van der Waals surface area (Å²) in [4.78, 5) is 4.91. The van der Waals surface area contributed by atoms with Crippen molar-refractivity contribution in [1.29, 1.82) is 0 Å². The lowest BCUT2D eigenvalue weighted by Crippen LogP contribution is -2.44. The van der Waals surface area contributed by atoms with Crippen LogP contribution in [0.5, 0.6) is 0 Å². The Bertz CT molecular complexity index is 521. The van der Waals surface area contributed by atoms with E-state index in [1.54, 1.807) is 0 Å². The number of guanidine groups is 1. The highest BCUT2D eigenvalue weighted by atomic mass is 15.2. The monoisotopic (exact) mass is 297 g/mol. The van der Waals surface area contributed by atoms with Gasteiger partial charge in [0.25, 0.3) is 0 Å². The second kappa shape index (κ2) is 6.99. The number of aliphatic imine (C=N–C) groups is 1. The zero-order chi connectivity index (χ0) is 15.3. The first kappa shape index (κ1) is 15.1. The first-order valence-corrected chi connectivity index (χ1v) is 8.58. The van der Waals surface area contributed by atoms with Gasteiger partial charge in [-0.2, -0.15) is 0 Å². The summed E-state index contributed by atoms with van der Waals surface area (Å²) < 4.78 is 0. The summed E-state index contributed by atoms with van der Waals surface area (Å²) in [5.74, 6) is 0.971. The van der Waals surface area contributed by atoms with Crippen LogP contribution in [0.1, 0.15) is 44.6 Å². The molecular weight excluding hydrogens is 270 g/mol. The van der Waals surface area contributed by atoms with E-state index in [1.165, 1.54) is 24.8 Å². The van der Waals surface area contributed by atoms with E-state index in [0.29, 0.717) is 6.04 Å². The van der Waals surface area contributed by atoms with Gasteiger partial charge in [-0.05, 0) is 38.2 Å². The molecule has 0 aromatic heterocycles. The minimum absolute atomic E-state index is 0.261. The van der Waals surface area contributed by atoms with Crippen LogP contribution in [0.15, 0.2) is 47.5 Å². The Labute approximate surface area is 133 Å². The maximum Gasteiger partial charge on any atom is 0.191 e. The van der Waals surface area contributed by atoms with Crippen molar-refractivity contribution in [2.45, 2.75) is 50.5 Å². The molecule has 1 saturated carbocycles. The van der Waals surface area contributed by atoms with Crippen LogP contribution in [-0.2, 0) is 5.41 Å². The van der Waals surface area contributed by atoms with Crippen LogP contribution in [0.25, 0.3) is 0 Å². The summed E-state index contributed by atoms with van der Waals surface area (Å²) >= 11 is 0. The number of nitrogens with zero attached hydrogens (tertiary/aromatic N) is 1. The summed E-state index contributed by atoms with van der Waals surface area (Å²) in [5, 5.41) is 6.96. The highest BCUT2D eigenvalue weighted by Gasteiger charge is 2.38. The summed E-state index contributed by atoms with van der Waals surface area (Å²) in [5.41, 5.74) is 1.71. The third-order valence-electron chi connectivity index (χ3n) is 4.93. The Kier molecular flexibility index (Phi) is 4.81. The molecule has 2 N–H and O–H groups in total. The maximum atomic E-state index is 4.91. The van der Waals surface area contributed by atoms with E-state index in [4.69, 9.17) is 4.99 Å². The highest BCUT2D eigenvalue weighted by molar-refractivity contribution is 5.80. The molecule has 1 aromatic rings. The fourth-order valence-corrected chi connectivity index (χ4v) is 3.41. The second-order valence-electron chi connectivity index (χ2n) is 6.48. The Morgan fingerprint density at radius 2 is 1.91 bits per heavy atom. The standard InChI is InChI=1S/C19H27N3/c1-2-20-18(22-17-11-6-7-12-17)21-15-19(13-8-14-19)16-9-4-3-5-10-16/h3-7,9-10,17H,2,8,11-15H2,1H3,(H2,20,21,22). The Morgan fingerprint density at radius 3 is 2.50 bits per heavy atom. The number of hydrogen-bond acceptors (Lipinski definition) is 1. The van der Waals surface area contributed by atoms with Crippen LogP contribution in [0, 0.1) is 0 Å². The molecule has 3 heteroatoms. The van der Waals surface area contributed by atoms with Gasteiger partial charge in [0.2, 0.25) is 0 Å². The fourth-order valence-electron chi connectivity index (χ4n) is 3.41. The topological polar surface area (TPSA) is 36.4 Å². The molecule has 118 valence electrons. The molecule has 3 nitrogen and oxygen atoms in total. The van der Waals surface area contributed by atoms with E-state index in [-0.39, 0.29) is 5.41 Å². The van der Waals surface area contributed by atoms with Crippen molar-refractivity contribution in [2.75, 3.05) is 13.1 Å². The Hall–Kier alpha value is -1.77. The average Bonchev–Trinajstić information content (AvgIpc) is 3.00. The van der Waals surface area contributed by atoms with Crippen LogP contribution in [-0.4, -0.2) is 25.1 Å². The molecule has 0 atom stereocenters. The number of hydrogen-bond donors (Lipinski definition) is 2. The molecule has 0 spiro atoms. The van der Waals surface area contributed by atoms with E-state index < -0.39 is 0 Å². The van der Waals surface area contributed by atoms with Gasteiger partial charge < -0.3 is 10.6 Å². The number of rotatable bonds is 5. The zero-order valence-corrected chi connectivity index (χ0v) is 13.5. The quantitative estimate of drug-likeness (QED) is 0.496. The van der Waals surface area contributed by atoms with Crippen molar-refractivity contribution in [3.63, 3.8) is 0 Å². The van der Waals surface area contributed by atoms with Crippen molar-refractivity contribution in [3.05, 3.63) is 48.0 Å². The first-order chi connectivity index (χ1) is 10.8. The zero-order valence-electron chi connectivity index (χ0n) is 13.5. The van der Waals surface area contributed by atoms with Gasteiger partial charge in [-0.3, -0.25) is 4.99 Å². The first-order valence-electron chi connectivity index (χ1n) is 8.58. The molecule has 0 aliphatic heterocycles. The fraction of sp³-hybridized carbons (Fsp3) is 0.526. The molecule has 3 rings (SSSR count).